The van der Waals surface area contributed by atoms with Crippen LogP contribution in [-0.2, 0) is 11.3 Å². The number of nitrogens with zero attached hydrogens (tertiary/aromatic N) is 1. The van der Waals surface area contributed by atoms with Gasteiger partial charge in [0, 0.05) is 18.9 Å². The molecule has 0 aliphatic rings. The first-order chi connectivity index (χ1) is 9.55. The van der Waals surface area contributed by atoms with Gasteiger partial charge < -0.3 is 14.6 Å². The van der Waals surface area contributed by atoms with E-state index in [1.807, 2.05) is 44.2 Å². The molecule has 0 bridgehead atoms. The Hall–Kier alpha value is -1.65. The van der Waals surface area contributed by atoms with Crippen LogP contribution < -0.4 is 4.74 Å². The van der Waals surface area contributed by atoms with Crippen molar-refractivity contribution in [2.45, 2.75) is 32.5 Å². The Morgan fingerprint density at radius 1 is 1.25 bits per heavy atom. The summed E-state index contributed by atoms with van der Waals surface area (Å²) in [5.41, 5.74) is 0.398. The Bertz CT molecular complexity index is 581. The van der Waals surface area contributed by atoms with Crippen LogP contribution >= 0.6 is 0 Å². The average molecular weight is 275 g/mol. The summed E-state index contributed by atoms with van der Waals surface area (Å²) < 4.78 is 11.2. The summed E-state index contributed by atoms with van der Waals surface area (Å²) >= 11 is 0. The SMILES string of the molecule is COC(C)(C)CCOc1nc(CO)cc2ccccc12. The number of aromatic nitrogens is 1. The normalized spacial score (nSPS) is 11.8. The minimum atomic E-state index is -0.218. The standard InChI is InChI=1S/C16H21NO3/c1-16(2,19-3)8-9-20-15-14-7-5-4-6-12(14)10-13(11-18)17-15/h4-7,10,18H,8-9,11H2,1-3H3. The third-order valence-electron chi connectivity index (χ3n) is 3.42. The van der Waals surface area contributed by atoms with Gasteiger partial charge in [-0.1, -0.05) is 18.2 Å². The van der Waals surface area contributed by atoms with Crippen molar-refractivity contribution in [1.82, 2.24) is 4.98 Å². The number of rotatable bonds is 6. The molecule has 0 aliphatic carbocycles. The highest BCUT2D eigenvalue weighted by Gasteiger charge is 2.16. The van der Waals surface area contributed by atoms with Crippen LogP contribution in [0.25, 0.3) is 10.8 Å². The zero-order valence-electron chi connectivity index (χ0n) is 12.2. The van der Waals surface area contributed by atoms with Crippen LogP contribution in [0.2, 0.25) is 0 Å². The number of hydrogen-bond donors (Lipinski definition) is 1. The molecular weight excluding hydrogens is 254 g/mol. The number of fused-ring (bicyclic) bond motifs is 1. The maximum atomic E-state index is 9.28. The molecule has 1 N–H and O–H groups in total. The van der Waals surface area contributed by atoms with Crippen LogP contribution in [0.4, 0.5) is 0 Å². The Labute approximate surface area is 119 Å². The van der Waals surface area contributed by atoms with Crippen LogP contribution in [0, 0.1) is 0 Å². The van der Waals surface area contributed by atoms with Crippen LogP contribution in [0.1, 0.15) is 26.0 Å². The molecule has 0 fully saturated rings. The smallest absolute Gasteiger partial charge is 0.221 e. The minimum Gasteiger partial charge on any atom is -0.477 e. The number of ether oxygens (including phenoxy) is 2. The van der Waals surface area contributed by atoms with E-state index >= 15 is 0 Å². The molecule has 0 saturated heterocycles. The van der Waals surface area contributed by atoms with Crippen molar-refractivity contribution in [1.29, 1.82) is 0 Å². The van der Waals surface area contributed by atoms with Gasteiger partial charge in [-0.2, -0.15) is 0 Å². The van der Waals surface area contributed by atoms with Gasteiger partial charge >= 0.3 is 0 Å². The molecule has 1 heterocycles. The molecule has 2 rings (SSSR count). The second-order valence-corrected chi connectivity index (χ2v) is 5.36. The second kappa shape index (κ2) is 6.20. The summed E-state index contributed by atoms with van der Waals surface area (Å²) in [4.78, 5) is 4.35. The molecule has 2 aromatic rings. The fourth-order valence-electron chi connectivity index (χ4n) is 1.91. The Balaban J connectivity index is 2.20. The highest BCUT2D eigenvalue weighted by molar-refractivity contribution is 5.87. The van der Waals surface area contributed by atoms with Gasteiger partial charge in [-0.3, -0.25) is 0 Å². The maximum Gasteiger partial charge on any atom is 0.221 e. The summed E-state index contributed by atoms with van der Waals surface area (Å²) in [7, 11) is 1.69. The molecule has 0 amide bonds. The molecule has 0 radical (unpaired) electrons. The Morgan fingerprint density at radius 3 is 2.70 bits per heavy atom. The van der Waals surface area contributed by atoms with Crippen molar-refractivity contribution >= 4 is 10.8 Å². The van der Waals surface area contributed by atoms with E-state index in [0.717, 1.165) is 17.2 Å². The van der Waals surface area contributed by atoms with E-state index in [-0.39, 0.29) is 12.2 Å². The molecule has 0 unspecified atom stereocenters. The fraction of sp³-hybridized carbons (Fsp3) is 0.438. The maximum absolute atomic E-state index is 9.28. The lowest BCUT2D eigenvalue weighted by atomic mass is 10.1. The summed E-state index contributed by atoms with van der Waals surface area (Å²) in [5.74, 6) is 0.569. The third kappa shape index (κ3) is 3.46. The van der Waals surface area contributed by atoms with Crippen molar-refractivity contribution in [2.75, 3.05) is 13.7 Å². The molecule has 4 nitrogen and oxygen atoms in total. The van der Waals surface area contributed by atoms with E-state index in [9.17, 15) is 5.11 Å². The average Bonchev–Trinajstić information content (AvgIpc) is 2.46. The van der Waals surface area contributed by atoms with Crippen molar-refractivity contribution in [2.24, 2.45) is 0 Å². The number of aliphatic hydroxyl groups is 1. The zero-order valence-corrected chi connectivity index (χ0v) is 12.2. The van der Waals surface area contributed by atoms with Gasteiger partial charge in [0.05, 0.1) is 24.5 Å². The largest absolute Gasteiger partial charge is 0.477 e. The van der Waals surface area contributed by atoms with Gasteiger partial charge in [-0.15, -0.1) is 0 Å². The number of hydrogen-bond acceptors (Lipinski definition) is 4. The van der Waals surface area contributed by atoms with Gasteiger partial charge in [-0.25, -0.2) is 4.98 Å². The summed E-state index contributed by atoms with van der Waals surface area (Å²) in [5, 5.41) is 11.3. The molecule has 4 heteroatoms. The van der Waals surface area contributed by atoms with Crippen LogP contribution in [0.5, 0.6) is 5.88 Å². The van der Waals surface area contributed by atoms with Gasteiger partial charge in [0.1, 0.15) is 0 Å². The second-order valence-electron chi connectivity index (χ2n) is 5.36. The van der Waals surface area contributed by atoms with E-state index in [1.54, 1.807) is 7.11 Å². The van der Waals surface area contributed by atoms with Gasteiger partial charge in [0.2, 0.25) is 5.88 Å². The van der Waals surface area contributed by atoms with Crippen molar-refractivity contribution in [3.8, 4) is 5.88 Å². The van der Waals surface area contributed by atoms with Gasteiger partial charge in [0.15, 0.2) is 0 Å². The minimum absolute atomic E-state index is 0.0925. The highest BCUT2D eigenvalue weighted by atomic mass is 16.5. The lowest BCUT2D eigenvalue weighted by molar-refractivity contribution is 0.00519. The molecule has 20 heavy (non-hydrogen) atoms. The molecule has 108 valence electrons. The van der Waals surface area contributed by atoms with Gasteiger partial charge in [-0.05, 0) is 31.4 Å². The predicted molar refractivity (Wildman–Crippen MR) is 78.9 cm³/mol. The van der Waals surface area contributed by atoms with E-state index in [1.165, 1.54) is 0 Å². The Kier molecular flexibility index (Phi) is 4.57. The molecule has 0 aliphatic heterocycles. The lowest BCUT2D eigenvalue weighted by Gasteiger charge is -2.22. The molecule has 0 atom stereocenters. The summed E-state index contributed by atoms with van der Waals surface area (Å²) in [6.45, 7) is 4.47. The Morgan fingerprint density at radius 2 is 2.00 bits per heavy atom. The quantitative estimate of drug-likeness (QED) is 0.880. The third-order valence-corrected chi connectivity index (χ3v) is 3.42. The molecule has 0 spiro atoms. The molecule has 1 aromatic carbocycles. The predicted octanol–water partition coefficient (Wildman–Crippen LogP) is 2.92. The van der Waals surface area contributed by atoms with Crippen LogP contribution in [0.15, 0.2) is 30.3 Å². The number of benzene rings is 1. The molecular formula is C16H21NO3. The van der Waals surface area contributed by atoms with Crippen LogP contribution in [-0.4, -0.2) is 29.4 Å². The topological polar surface area (TPSA) is 51.6 Å². The highest BCUT2D eigenvalue weighted by Crippen LogP contribution is 2.25. The van der Waals surface area contributed by atoms with Crippen LogP contribution in [0.3, 0.4) is 0 Å². The van der Waals surface area contributed by atoms with E-state index < -0.39 is 0 Å². The van der Waals surface area contributed by atoms with Crippen molar-refractivity contribution in [3.63, 3.8) is 0 Å². The number of pyridine rings is 1. The number of methoxy groups -OCH3 is 1. The van der Waals surface area contributed by atoms with E-state index in [2.05, 4.69) is 4.98 Å². The lowest BCUT2D eigenvalue weighted by Crippen LogP contribution is -2.25. The number of aliphatic hydroxyl groups excluding tert-OH is 1. The first-order valence-corrected chi connectivity index (χ1v) is 6.73. The zero-order chi connectivity index (χ0) is 14.6. The summed E-state index contributed by atoms with van der Waals surface area (Å²) in [6.07, 6.45) is 0.767. The molecule has 0 saturated carbocycles. The first-order valence-electron chi connectivity index (χ1n) is 6.73. The molecule has 1 aromatic heterocycles. The van der Waals surface area contributed by atoms with Crippen molar-refractivity contribution in [3.05, 3.63) is 36.0 Å². The van der Waals surface area contributed by atoms with Gasteiger partial charge in [0.25, 0.3) is 0 Å². The fourth-order valence-corrected chi connectivity index (χ4v) is 1.91. The summed E-state index contributed by atoms with van der Waals surface area (Å²) in [6, 6.07) is 9.75. The van der Waals surface area contributed by atoms with E-state index in [4.69, 9.17) is 9.47 Å². The monoisotopic (exact) mass is 275 g/mol. The van der Waals surface area contributed by atoms with E-state index in [0.29, 0.717) is 18.2 Å². The van der Waals surface area contributed by atoms with Crippen molar-refractivity contribution < 1.29 is 14.6 Å². The first kappa shape index (κ1) is 14.8.